The maximum Gasteiger partial charge on any atom is -0.00200 e. The van der Waals surface area contributed by atoms with Crippen molar-refractivity contribution >= 4 is 0 Å². The second-order valence-electron chi connectivity index (χ2n) is 2.85. The van der Waals surface area contributed by atoms with Gasteiger partial charge in [-0.15, -0.1) is 0 Å². The smallest absolute Gasteiger partial charge is 0.00200 e. The lowest BCUT2D eigenvalue weighted by molar-refractivity contribution is 0.512. The van der Waals surface area contributed by atoms with Gasteiger partial charge in [-0.1, -0.05) is 19.8 Å². The van der Waals surface area contributed by atoms with Crippen LogP contribution in [0.2, 0.25) is 0 Å². The molecule has 1 fully saturated rings. The summed E-state index contributed by atoms with van der Waals surface area (Å²) in [6.07, 6.45) is 5.19. The number of rotatable bonds is 3. The van der Waals surface area contributed by atoms with Gasteiger partial charge in [-0.2, -0.15) is 0 Å². The predicted molar refractivity (Wildman–Crippen MR) is 40.2 cm³/mol. The molecule has 0 amide bonds. The van der Waals surface area contributed by atoms with E-state index in [1.165, 1.54) is 32.4 Å². The van der Waals surface area contributed by atoms with E-state index in [9.17, 15) is 0 Å². The molecule has 1 saturated heterocycles. The molecule has 1 heteroatoms. The van der Waals surface area contributed by atoms with Crippen molar-refractivity contribution in [1.29, 1.82) is 0 Å². The molecule has 0 aromatic carbocycles. The zero-order valence-corrected chi connectivity index (χ0v) is 6.03. The van der Waals surface area contributed by atoms with Gasteiger partial charge >= 0.3 is 0 Å². The van der Waals surface area contributed by atoms with E-state index in [0.717, 1.165) is 12.3 Å². The molecule has 0 bridgehead atoms. The molecule has 0 aromatic rings. The Balaban J connectivity index is 1.98. The summed E-state index contributed by atoms with van der Waals surface area (Å²) in [6, 6.07) is 0. The summed E-state index contributed by atoms with van der Waals surface area (Å²) < 4.78 is 0. The summed E-state index contributed by atoms with van der Waals surface area (Å²) in [7, 11) is 0. The summed E-state index contributed by atoms with van der Waals surface area (Å²) in [5.41, 5.74) is 0. The Morgan fingerprint density at radius 3 is 3.00 bits per heavy atom. The quantitative estimate of drug-likeness (QED) is 0.605. The van der Waals surface area contributed by atoms with Gasteiger partial charge in [0.15, 0.2) is 0 Å². The minimum atomic E-state index is 0.965. The molecule has 1 heterocycles. The van der Waals surface area contributed by atoms with E-state index in [1.54, 1.807) is 0 Å². The van der Waals surface area contributed by atoms with E-state index in [2.05, 4.69) is 12.2 Å². The van der Waals surface area contributed by atoms with Crippen molar-refractivity contribution < 1.29 is 0 Å². The standard InChI is InChI=1S/C8H16N/c1-2-3-4-8-5-6-9-7-8/h8-9H,1-7H2. The van der Waals surface area contributed by atoms with Crippen LogP contribution in [-0.4, -0.2) is 13.1 Å². The zero-order valence-electron chi connectivity index (χ0n) is 6.03. The number of nitrogens with one attached hydrogen (secondary N) is 1. The molecule has 1 aliphatic rings. The normalized spacial score (nSPS) is 27.0. The average Bonchev–Trinajstić information content (AvgIpc) is 2.34. The van der Waals surface area contributed by atoms with Crippen LogP contribution in [0, 0.1) is 12.8 Å². The SMILES string of the molecule is [CH2]CCCC1CCNC1. The van der Waals surface area contributed by atoms with Gasteiger partial charge in [-0.25, -0.2) is 0 Å². The molecule has 0 spiro atoms. The maximum atomic E-state index is 3.83. The molecule has 0 aromatic heterocycles. The van der Waals surface area contributed by atoms with Crippen molar-refractivity contribution in [3.63, 3.8) is 0 Å². The molecule has 0 saturated carbocycles. The third kappa shape index (κ3) is 2.35. The monoisotopic (exact) mass is 126 g/mol. The van der Waals surface area contributed by atoms with Crippen LogP contribution in [0.5, 0.6) is 0 Å². The molecule has 1 aliphatic heterocycles. The Morgan fingerprint density at radius 2 is 2.44 bits per heavy atom. The second kappa shape index (κ2) is 3.89. The van der Waals surface area contributed by atoms with E-state index in [4.69, 9.17) is 0 Å². The molecule has 1 atom stereocenters. The summed E-state index contributed by atoms with van der Waals surface area (Å²) >= 11 is 0. The van der Waals surface area contributed by atoms with Gasteiger partial charge in [0.25, 0.3) is 0 Å². The van der Waals surface area contributed by atoms with E-state index >= 15 is 0 Å². The first-order chi connectivity index (χ1) is 4.43. The number of hydrogen-bond donors (Lipinski definition) is 1. The van der Waals surface area contributed by atoms with E-state index in [1.807, 2.05) is 0 Å². The first-order valence-electron chi connectivity index (χ1n) is 3.93. The van der Waals surface area contributed by atoms with Crippen molar-refractivity contribution in [2.45, 2.75) is 25.7 Å². The minimum absolute atomic E-state index is 0.965. The summed E-state index contributed by atoms with van der Waals surface area (Å²) in [6.45, 7) is 6.31. The molecular weight excluding hydrogens is 110 g/mol. The van der Waals surface area contributed by atoms with Crippen LogP contribution in [0.4, 0.5) is 0 Å². The highest BCUT2D eigenvalue weighted by Crippen LogP contribution is 2.14. The zero-order chi connectivity index (χ0) is 6.53. The third-order valence-corrected chi connectivity index (χ3v) is 2.02. The molecular formula is C8H16N. The van der Waals surface area contributed by atoms with Gasteiger partial charge in [0.2, 0.25) is 0 Å². The largest absolute Gasteiger partial charge is 0.316 e. The van der Waals surface area contributed by atoms with Crippen LogP contribution in [0.25, 0.3) is 0 Å². The van der Waals surface area contributed by atoms with Gasteiger partial charge in [0, 0.05) is 0 Å². The van der Waals surface area contributed by atoms with Crippen molar-refractivity contribution in [3.05, 3.63) is 6.92 Å². The minimum Gasteiger partial charge on any atom is -0.316 e. The molecule has 1 radical (unpaired) electrons. The van der Waals surface area contributed by atoms with Crippen molar-refractivity contribution in [2.75, 3.05) is 13.1 Å². The molecule has 1 rings (SSSR count). The lowest BCUT2D eigenvalue weighted by atomic mass is 10.0. The highest BCUT2D eigenvalue weighted by Gasteiger charge is 2.12. The number of hydrogen-bond acceptors (Lipinski definition) is 1. The van der Waals surface area contributed by atoms with Gasteiger partial charge in [-0.3, -0.25) is 0 Å². The van der Waals surface area contributed by atoms with Crippen molar-refractivity contribution in [3.8, 4) is 0 Å². The third-order valence-electron chi connectivity index (χ3n) is 2.02. The fourth-order valence-corrected chi connectivity index (χ4v) is 1.39. The molecule has 1 nitrogen and oxygen atoms in total. The van der Waals surface area contributed by atoms with Crippen molar-refractivity contribution in [1.82, 2.24) is 5.32 Å². The van der Waals surface area contributed by atoms with Crippen LogP contribution in [0.1, 0.15) is 25.7 Å². The van der Waals surface area contributed by atoms with E-state index < -0.39 is 0 Å². The lowest BCUT2D eigenvalue weighted by Gasteiger charge is -2.04. The van der Waals surface area contributed by atoms with Gasteiger partial charge in [0.1, 0.15) is 0 Å². The highest BCUT2D eigenvalue weighted by molar-refractivity contribution is 4.70. The van der Waals surface area contributed by atoms with E-state index in [0.29, 0.717) is 0 Å². The van der Waals surface area contributed by atoms with Crippen molar-refractivity contribution in [2.24, 2.45) is 5.92 Å². The van der Waals surface area contributed by atoms with E-state index in [-0.39, 0.29) is 0 Å². The second-order valence-corrected chi connectivity index (χ2v) is 2.85. The van der Waals surface area contributed by atoms with Crippen LogP contribution < -0.4 is 5.32 Å². The Bertz CT molecular complexity index is 65.0. The van der Waals surface area contributed by atoms with Crippen LogP contribution in [0.3, 0.4) is 0 Å². The Labute approximate surface area is 57.8 Å². The fraction of sp³-hybridized carbons (Fsp3) is 0.875. The van der Waals surface area contributed by atoms with Gasteiger partial charge in [-0.05, 0) is 31.8 Å². The highest BCUT2D eigenvalue weighted by atomic mass is 14.9. The lowest BCUT2D eigenvalue weighted by Crippen LogP contribution is -2.08. The molecule has 1 N–H and O–H groups in total. The summed E-state index contributed by atoms with van der Waals surface area (Å²) in [5, 5.41) is 3.36. The van der Waals surface area contributed by atoms with Gasteiger partial charge in [0.05, 0.1) is 0 Å². The summed E-state index contributed by atoms with van der Waals surface area (Å²) in [4.78, 5) is 0. The Morgan fingerprint density at radius 1 is 1.56 bits per heavy atom. The molecule has 53 valence electrons. The van der Waals surface area contributed by atoms with Crippen LogP contribution >= 0.6 is 0 Å². The van der Waals surface area contributed by atoms with Crippen LogP contribution in [0.15, 0.2) is 0 Å². The molecule has 9 heavy (non-hydrogen) atoms. The summed E-state index contributed by atoms with van der Waals surface area (Å²) in [5.74, 6) is 0.965. The Kier molecular flexibility index (Phi) is 3.05. The average molecular weight is 126 g/mol. The topological polar surface area (TPSA) is 12.0 Å². The fourth-order valence-electron chi connectivity index (χ4n) is 1.39. The molecule has 1 unspecified atom stereocenters. The first-order valence-corrected chi connectivity index (χ1v) is 3.93. The van der Waals surface area contributed by atoms with Gasteiger partial charge < -0.3 is 5.32 Å². The molecule has 0 aliphatic carbocycles. The Hall–Kier alpha value is -0.0400. The maximum absolute atomic E-state index is 3.83. The predicted octanol–water partition coefficient (Wildman–Crippen LogP) is 1.60. The number of unbranched alkanes of at least 4 members (excludes halogenated alkanes) is 1. The van der Waals surface area contributed by atoms with Crippen LogP contribution in [-0.2, 0) is 0 Å². The first kappa shape index (κ1) is 7.07.